The summed E-state index contributed by atoms with van der Waals surface area (Å²) in [4.78, 5) is 6.54. The molecule has 0 atom stereocenters. The Hall–Kier alpha value is -1.92. The van der Waals surface area contributed by atoms with Gasteiger partial charge in [0.1, 0.15) is 16.6 Å². The minimum Gasteiger partial charge on any atom is -0.510 e. The Labute approximate surface area is 138 Å². The van der Waals surface area contributed by atoms with Gasteiger partial charge < -0.3 is 15.1 Å². The molecule has 2 heterocycles. The molecule has 0 amide bonds. The second-order valence-corrected chi connectivity index (χ2v) is 7.28. The van der Waals surface area contributed by atoms with Crippen LogP contribution in [0.5, 0.6) is 0 Å². The summed E-state index contributed by atoms with van der Waals surface area (Å²) >= 11 is 1.51. The van der Waals surface area contributed by atoms with Gasteiger partial charge in [-0.25, -0.2) is 4.98 Å². The molecular formula is C17H19N3O2S. The highest BCUT2D eigenvalue weighted by Crippen LogP contribution is 2.36. The number of hydrogen-bond acceptors (Lipinski definition) is 5. The molecule has 0 unspecified atom stereocenters. The largest absolute Gasteiger partial charge is 0.510 e. The van der Waals surface area contributed by atoms with Crippen molar-refractivity contribution < 1.29 is 10.2 Å². The van der Waals surface area contributed by atoms with Gasteiger partial charge in [0.15, 0.2) is 0 Å². The van der Waals surface area contributed by atoms with E-state index in [0.717, 1.165) is 35.9 Å². The van der Waals surface area contributed by atoms with Gasteiger partial charge >= 0.3 is 0 Å². The fourth-order valence-corrected chi connectivity index (χ4v) is 4.52. The first-order valence-electron chi connectivity index (χ1n) is 7.95. The van der Waals surface area contributed by atoms with Crippen LogP contribution < -0.4 is 0 Å². The number of nitrogens with zero attached hydrogens (tertiary/aromatic N) is 2. The topological polar surface area (TPSA) is 80.4 Å². The van der Waals surface area contributed by atoms with E-state index in [1.807, 2.05) is 29.2 Å². The van der Waals surface area contributed by atoms with Gasteiger partial charge in [-0.1, -0.05) is 12.1 Å². The van der Waals surface area contributed by atoms with Crippen LogP contribution in [0.25, 0.3) is 15.8 Å². The molecule has 1 aliphatic carbocycles. The van der Waals surface area contributed by atoms with Crippen molar-refractivity contribution in [3.8, 4) is 0 Å². The molecule has 5 nitrogen and oxygen atoms in total. The third-order valence-corrected chi connectivity index (χ3v) is 5.80. The summed E-state index contributed by atoms with van der Waals surface area (Å²) in [6.45, 7) is 0.380. The monoisotopic (exact) mass is 329 g/mol. The van der Waals surface area contributed by atoms with E-state index < -0.39 is 0 Å². The fourth-order valence-electron chi connectivity index (χ4n) is 3.49. The van der Waals surface area contributed by atoms with Crippen molar-refractivity contribution in [2.24, 2.45) is 0 Å². The number of aliphatic hydroxyl groups excluding tert-OH is 2. The minimum absolute atomic E-state index is 0.215. The Kier molecular flexibility index (Phi) is 3.58. The highest BCUT2D eigenvalue weighted by Gasteiger charge is 2.35. The van der Waals surface area contributed by atoms with Crippen LogP contribution in [-0.2, 0) is 0 Å². The van der Waals surface area contributed by atoms with E-state index in [-0.39, 0.29) is 17.9 Å². The molecule has 23 heavy (non-hydrogen) atoms. The van der Waals surface area contributed by atoms with Crippen LogP contribution in [-0.4, -0.2) is 44.6 Å². The number of aromatic nitrogens is 1. The predicted octanol–water partition coefficient (Wildman–Crippen LogP) is 3.16. The molecule has 0 saturated heterocycles. The van der Waals surface area contributed by atoms with Gasteiger partial charge in [-0.3, -0.25) is 5.41 Å². The number of thiazole rings is 1. The Balaban J connectivity index is 1.61. The van der Waals surface area contributed by atoms with Gasteiger partial charge in [0, 0.05) is 6.04 Å². The molecule has 4 rings (SSSR count). The molecule has 1 fully saturated rings. The molecule has 6 heteroatoms. The lowest BCUT2D eigenvalue weighted by Gasteiger charge is -2.34. The summed E-state index contributed by atoms with van der Waals surface area (Å²) in [5, 5.41) is 29.3. The Morgan fingerprint density at radius 2 is 1.91 bits per heavy atom. The molecule has 1 saturated carbocycles. The molecule has 2 aromatic rings. The number of amidine groups is 1. The van der Waals surface area contributed by atoms with E-state index in [0.29, 0.717) is 23.0 Å². The van der Waals surface area contributed by atoms with Crippen LogP contribution in [0.4, 0.5) is 0 Å². The maximum atomic E-state index is 10.4. The second kappa shape index (κ2) is 5.62. The lowest BCUT2D eigenvalue weighted by atomic mass is 9.92. The fraction of sp³-hybridized carbons (Fsp3) is 0.412. The van der Waals surface area contributed by atoms with E-state index in [4.69, 9.17) is 5.41 Å². The number of para-hydroxylation sites is 1. The zero-order chi connectivity index (χ0) is 16.0. The van der Waals surface area contributed by atoms with Gasteiger partial charge in [0.25, 0.3) is 0 Å². The summed E-state index contributed by atoms with van der Waals surface area (Å²) in [7, 11) is 0. The molecule has 0 spiro atoms. The van der Waals surface area contributed by atoms with Crippen molar-refractivity contribution in [3.05, 3.63) is 35.0 Å². The van der Waals surface area contributed by atoms with Crippen molar-refractivity contribution in [1.82, 2.24) is 9.88 Å². The Morgan fingerprint density at radius 3 is 2.65 bits per heavy atom. The summed E-state index contributed by atoms with van der Waals surface area (Å²) in [6, 6.07) is 8.09. The van der Waals surface area contributed by atoms with Crippen molar-refractivity contribution in [1.29, 1.82) is 5.41 Å². The summed E-state index contributed by atoms with van der Waals surface area (Å²) in [6.07, 6.45) is 3.05. The van der Waals surface area contributed by atoms with E-state index >= 15 is 0 Å². The minimum atomic E-state index is -0.215. The van der Waals surface area contributed by atoms with Crippen molar-refractivity contribution in [2.75, 3.05) is 6.54 Å². The van der Waals surface area contributed by atoms with E-state index in [2.05, 4.69) is 4.98 Å². The highest BCUT2D eigenvalue weighted by atomic mass is 32.1. The number of fused-ring (bicyclic) bond motifs is 1. The number of hydrogen-bond donors (Lipinski definition) is 3. The maximum Gasteiger partial charge on any atom is 0.135 e. The molecule has 0 radical (unpaired) electrons. The van der Waals surface area contributed by atoms with Gasteiger partial charge in [-0.05, 0) is 37.8 Å². The number of benzene rings is 1. The van der Waals surface area contributed by atoms with E-state index in [1.54, 1.807) is 0 Å². The molecule has 1 aliphatic heterocycles. The van der Waals surface area contributed by atoms with Crippen LogP contribution in [0, 0.1) is 5.41 Å². The summed E-state index contributed by atoms with van der Waals surface area (Å²) < 4.78 is 1.06. The van der Waals surface area contributed by atoms with Gasteiger partial charge in [-0.15, -0.1) is 11.3 Å². The highest BCUT2D eigenvalue weighted by molar-refractivity contribution is 7.19. The van der Waals surface area contributed by atoms with Crippen LogP contribution in [0.15, 0.2) is 30.0 Å². The molecular weight excluding hydrogens is 310 g/mol. The molecule has 0 bridgehead atoms. The first-order chi connectivity index (χ1) is 11.1. The lowest BCUT2D eigenvalue weighted by Crippen LogP contribution is -2.40. The maximum absolute atomic E-state index is 10.4. The standard InChI is InChI=1S/C17H19N3O2S/c18-16-15(17-19-12-3-1-2-4-14(12)23-17)13(22)9-20(16)10-5-7-11(21)8-6-10/h1-4,10-11,18,21-22H,5-9H2. The molecule has 1 aromatic carbocycles. The normalized spacial score (nSPS) is 25.6. The number of aliphatic hydroxyl groups is 2. The van der Waals surface area contributed by atoms with Crippen molar-refractivity contribution in [2.45, 2.75) is 37.8 Å². The summed E-state index contributed by atoms with van der Waals surface area (Å²) in [5.41, 5.74) is 1.47. The SMILES string of the molecule is N=C1C(c2nc3ccccc3s2)=C(O)CN1C1CCC(O)CC1. The van der Waals surface area contributed by atoms with Crippen LogP contribution in [0.1, 0.15) is 30.7 Å². The number of nitrogens with one attached hydrogen (secondary N) is 1. The Bertz CT molecular complexity index is 757. The average Bonchev–Trinajstić information content (AvgIpc) is 3.08. The van der Waals surface area contributed by atoms with E-state index in [1.165, 1.54) is 11.3 Å². The first-order valence-corrected chi connectivity index (χ1v) is 8.77. The predicted molar refractivity (Wildman–Crippen MR) is 91.9 cm³/mol. The van der Waals surface area contributed by atoms with Crippen LogP contribution in [0.2, 0.25) is 0 Å². The smallest absolute Gasteiger partial charge is 0.135 e. The second-order valence-electron chi connectivity index (χ2n) is 6.25. The van der Waals surface area contributed by atoms with Gasteiger partial charge in [0.2, 0.25) is 0 Å². The lowest BCUT2D eigenvalue weighted by molar-refractivity contribution is 0.0979. The molecule has 120 valence electrons. The first kappa shape index (κ1) is 14.7. The third kappa shape index (κ3) is 2.52. The van der Waals surface area contributed by atoms with Crippen LogP contribution >= 0.6 is 11.3 Å². The zero-order valence-electron chi connectivity index (χ0n) is 12.7. The van der Waals surface area contributed by atoms with Crippen molar-refractivity contribution >= 4 is 33.0 Å². The van der Waals surface area contributed by atoms with E-state index in [9.17, 15) is 10.2 Å². The number of rotatable bonds is 2. The molecule has 2 aliphatic rings. The average molecular weight is 329 g/mol. The van der Waals surface area contributed by atoms with Gasteiger partial charge in [0.05, 0.1) is 28.4 Å². The summed E-state index contributed by atoms with van der Waals surface area (Å²) in [5.74, 6) is 0.600. The third-order valence-electron chi connectivity index (χ3n) is 4.75. The van der Waals surface area contributed by atoms with Crippen molar-refractivity contribution in [3.63, 3.8) is 0 Å². The van der Waals surface area contributed by atoms with Gasteiger partial charge in [-0.2, -0.15) is 0 Å². The molecule has 3 N–H and O–H groups in total. The Morgan fingerprint density at radius 1 is 1.17 bits per heavy atom. The molecule has 1 aromatic heterocycles. The zero-order valence-corrected chi connectivity index (χ0v) is 13.5. The quantitative estimate of drug-likeness (QED) is 0.790. The van der Waals surface area contributed by atoms with Crippen LogP contribution in [0.3, 0.4) is 0 Å².